The number of halogens is 3. The molecule has 0 aliphatic rings. The Labute approximate surface area is 142 Å². The Morgan fingerprint density at radius 1 is 0.857 bits per heavy atom. The quantitative estimate of drug-likeness (QED) is 0.605. The van der Waals surface area contributed by atoms with Crippen molar-refractivity contribution < 1.29 is 9.59 Å². The van der Waals surface area contributed by atoms with Gasteiger partial charge >= 0.3 is 0 Å². The molecular weight excluding hydrogens is 375 g/mol. The highest BCUT2D eigenvalue weighted by Gasteiger charge is 2.01. The van der Waals surface area contributed by atoms with Gasteiger partial charge in [0.15, 0.2) is 11.6 Å². The van der Waals surface area contributed by atoms with Gasteiger partial charge in [0.1, 0.15) is 0 Å². The van der Waals surface area contributed by atoms with E-state index in [4.69, 9.17) is 23.2 Å². The maximum absolute atomic E-state index is 10.8. The minimum Gasteiger partial charge on any atom is -0.295 e. The number of carbonyl (C=O) groups excluding carboxylic acids is 2. The number of rotatable bonds is 2. The SMILES string of the molecule is CC(=O)c1ccc(Cl)c(Br)c1.CC(=O)c1ccc(Cl)cc1. The fourth-order valence-corrected chi connectivity index (χ4v) is 2.02. The third-order valence-corrected chi connectivity index (χ3v) is 4.04. The second-order valence-electron chi connectivity index (χ2n) is 4.25. The van der Waals surface area contributed by atoms with Gasteiger partial charge in [-0.3, -0.25) is 9.59 Å². The summed E-state index contributed by atoms with van der Waals surface area (Å²) in [4.78, 5) is 21.6. The van der Waals surface area contributed by atoms with Crippen LogP contribution in [0.3, 0.4) is 0 Å². The van der Waals surface area contributed by atoms with Crippen molar-refractivity contribution >= 4 is 50.7 Å². The molecule has 0 bridgehead atoms. The lowest BCUT2D eigenvalue weighted by Gasteiger charge is -1.97. The highest BCUT2D eigenvalue weighted by Crippen LogP contribution is 2.23. The summed E-state index contributed by atoms with van der Waals surface area (Å²) in [6.07, 6.45) is 0. The molecular formula is C16H13BrCl2O2. The van der Waals surface area contributed by atoms with Gasteiger partial charge in [0.25, 0.3) is 0 Å². The molecule has 0 N–H and O–H groups in total. The maximum atomic E-state index is 10.8. The highest BCUT2D eigenvalue weighted by molar-refractivity contribution is 9.10. The van der Waals surface area contributed by atoms with Crippen molar-refractivity contribution in [1.29, 1.82) is 0 Å². The number of carbonyl (C=O) groups is 2. The van der Waals surface area contributed by atoms with Crippen LogP contribution in [0.5, 0.6) is 0 Å². The molecule has 2 aromatic rings. The van der Waals surface area contributed by atoms with Crippen LogP contribution in [-0.4, -0.2) is 11.6 Å². The van der Waals surface area contributed by atoms with Crippen molar-refractivity contribution in [3.05, 3.63) is 68.1 Å². The van der Waals surface area contributed by atoms with Gasteiger partial charge in [-0.1, -0.05) is 23.2 Å². The first-order chi connectivity index (χ1) is 9.81. The molecule has 2 aromatic carbocycles. The van der Waals surface area contributed by atoms with E-state index in [0.29, 0.717) is 21.2 Å². The van der Waals surface area contributed by atoms with Crippen molar-refractivity contribution in [1.82, 2.24) is 0 Å². The second kappa shape index (κ2) is 8.32. The Kier molecular flexibility index (Phi) is 7.09. The van der Waals surface area contributed by atoms with Gasteiger partial charge < -0.3 is 0 Å². The van der Waals surface area contributed by atoms with Crippen LogP contribution in [-0.2, 0) is 0 Å². The molecule has 0 saturated heterocycles. The summed E-state index contributed by atoms with van der Waals surface area (Å²) in [5, 5.41) is 1.28. The lowest BCUT2D eigenvalue weighted by molar-refractivity contribution is 0.100. The molecule has 0 amide bonds. The van der Waals surface area contributed by atoms with E-state index in [-0.39, 0.29) is 11.6 Å². The van der Waals surface area contributed by atoms with Crippen LogP contribution in [0.25, 0.3) is 0 Å². The van der Waals surface area contributed by atoms with Crippen molar-refractivity contribution in [2.45, 2.75) is 13.8 Å². The Hall–Kier alpha value is -1.16. The molecule has 0 saturated carbocycles. The lowest BCUT2D eigenvalue weighted by atomic mass is 10.2. The number of hydrogen-bond acceptors (Lipinski definition) is 2. The monoisotopic (exact) mass is 386 g/mol. The first-order valence-electron chi connectivity index (χ1n) is 6.03. The molecule has 2 nitrogen and oxygen atoms in total. The van der Waals surface area contributed by atoms with Crippen LogP contribution >= 0.6 is 39.1 Å². The van der Waals surface area contributed by atoms with E-state index < -0.39 is 0 Å². The average molecular weight is 388 g/mol. The first-order valence-corrected chi connectivity index (χ1v) is 7.58. The molecule has 0 spiro atoms. The molecule has 0 unspecified atom stereocenters. The Morgan fingerprint density at radius 2 is 1.33 bits per heavy atom. The number of ketones is 2. The van der Waals surface area contributed by atoms with Gasteiger partial charge in [-0.15, -0.1) is 0 Å². The van der Waals surface area contributed by atoms with E-state index in [0.717, 1.165) is 4.47 Å². The molecule has 21 heavy (non-hydrogen) atoms. The average Bonchev–Trinajstić information content (AvgIpc) is 2.43. The minimum atomic E-state index is 0.0439. The summed E-state index contributed by atoms with van der Waals surface area (Å²) in [5.74, 6) is 0.110. The molecule has 5 heteroatoms. The zero-order valence-electron chi connectivity index (χ0n) is 11.5. The maximum Gasteiger partial charge on any atom is 0.159 e. The summed E-state index contributed by atoms with van der Waals surface area (Å²) in [6.45, 7) is 3.05. The van der Waals surface area contributed by atoms with Gasteiger partial charge in [-0.2, -0.15) is 0 Å². The van der Waals surface area contributed by atoms with Crippen LogP contribution in [0.4, 0.5) is 0 Å². The van der Waals surface area contributed by atoms with Gasteiger partial charge in [-0.25, -0.2) is 0 Å². The molecule has 0 fully saturated rings. The van der Waals surface area contributed by atoms with Crippen LogP contribution in [0.2, 0.25) is 10.0 Å². The van der Waals surface area contributed by atoms with Gasteiger partial charge in [-0.05, 0) is 72.2 Å². The van der Waals surface area contributed by atoms with Crippen molar-refractivity contribution in [3.63, 3.8) is 0 Å². The number of benzene rings is 2. The van der Waals surface area contributed by atoms with E-state index in [2.05, 4.69) is 15.9 Å². The zero-order chi connectivity index (χ0) is 16.0. The largest absolute Gasteiger partial charge is 0.295 e. The summed E-state index contributed by atoms with van der Waals surface area (Å²) in [5.41, 5.74) is 1.37. The minimum absolute atomic E-state index is 0.0439. The fourth-order valence-electron chi connectivity index (χ4n) is 1.40. The summed E-state index contributed by atoms with van der Waals surface area (Å²) in [7, 11) is 0. The third-order valence-electron chi connectivity index (χ3n) is 2.58. The molecule has 0 aromatic heterocycles. The van der Waals surface area contributed by atoms with E-state index in [1.54, 1.807) is 42.5 Å². The lowest BCUT2D eigenvalue weighted by Crippen LogP contribution is -1.90. The highest BCUT2D eigenvalue weighted by atomic mass is 79.9. The van der Waals surface area contributed by atoms with Gasteiger partial charge in [0.2, 0.25) is 0 Å². The van der Waals surface area contributed by atoms with Gasteiger partial charge in [0, 0.05) is 20.6 Å². The van der Waals surface area contributed by atoms with Crippen LogP contribution in [0, 0.1) is 0 Å². The van der Waals surface area contributed by atoms with Crippen molar-refractivity contribution in [2.75, 3.05) is 0 Å². The standard InChI is InChI=1S/C8H6BrClO.C8H7ClO/c1-5(11)6-2-3-8(10)7(9)4-6;1-6(10)7-2-4-8(9)5-3-7/h2-4H,1H3;2-5H,1H3. The summed E-state index contributed by atoms with van der Waals surface area (Å²) in [6, 6.07) is 12.0. The van der Waals surface area contributed by atoms with Crippen LogP contribution < -0.4 is 0 Å². The van der Waals surface area contributed by atoms with E-state index >= 15 is 0 Å². The fraction of sp³-hybridized carbons (Fsp3) is 0.125. The Morgan fingerprint density at radius 3 is 1.76 bits per heavy atom. The molecule has 110 valence electrons. The molecule has 0 aliphatic heterocycles. The Bertz CT molecular complexity index is 652. The predicted molar refractivity (Wildman–Crippen MR) is 90.6 cm³/mol. The summed E-state index contributed by atoms with van der Waals surface area (Å²) < 4.78 is 0.756. The number of hydrogen-bond donors (Lipinski definition) is 0. The van der Waals surface area contributed by atoms with Crippen molar-refractivity contribution in [3.8, 4) is 0 Å². The molecule has 0 aliphatic carbocycles. The van der Waals surface area contributed by atoms with Crippen molar-refractivity contribution in [2.24, 2.45) is 0 Å². The Balaban J connectivity index is 0.000000211. The van der Waals surface area contributed by atoms with Crippen LogP contribution in [0.1, 0.15) is 34.6 Å². The smallest absolute Gasteiger partial charge is 0.159 e. The molecule has 0 radical (unpaired) electrons. The topological polar surface area (TPSA) is 34.1 Å². The number of Topliss-reactive ketones (excluding diaryl/α,β-unsaturated/α-hetero) is 2. The molecule has 0 atom stereocenters. The van der Waals surface area contributed by atoms with Crippen LogP contribution in [0.15, 0.2) is 46.9 Å². The molecule has 2 rings (SSSR count). The predicted octanol–water partition coefficient (Wildman–Crippen LogP) is 5.85. The van der Waals surface area contributed by atoms with Gasteiger partial charge in [0.05, 0.1) is 5.02 Å². The second-order valence-corrected chi connectivity index (χ2v) is 5.95. The summed E-state index contributed by atoms with van der Waals surface area (Å²) >= 11 is 14.6. The zero-order valence-corrected chi connectivity index (χ0v) is 14.6. The first kappa shape index (κ1) is 17.9. The normalized spacial score (nSPS) is 9.57. The third kappa shape index (κ3) is 6.00. The van der Waals surface area contributed by atoms with E-state index in [1.165, 1.54) is 13.8 Å². The van der Waals surface area contributed by atoms with E-state index in [9.17, 15) is 9.59 Å². The molecule has 0 heterocycles. The van der Waals surface area contributed by atoms with E-state index in [1.807, 2.05) is 0 Å².